The van der Waals surface area contributed by atoms with Gasteiger partial charge in [-0.3, -0.25) is 0 Å². The summed E-state index contributed by atoms with van der Waals surface area (Å²) in [6.45, 7) is 0. The predicted octanol–water partition coefficient (Wildman–Crippen LogP) is 2.64. The third-order valence-corrected chi connectivity index (χ3v) is 3.15. The molecule has 19 heavy (non-hydrogen) atoms. The van der Waals surface area contributed by atoms with Crippen molar-refractivity contribution in [3.05, 3.63) is 53.1 Å². The number of hydrogen-bond acceptors (Lipinski definition) is 4. The van der Waals surface area contributed by atoms with Crippen LogP contribution in [0, 0.1) is 0 Å². The molecule has 1 aromatic carbocycles. The molecule has 1 atom stereocenters. The van der Waals surface area contributed by atoms with Crippen molar-refractivity contribution < 1.29 is 4.74 Å². The molecule has 0 spiro atoms. The summed E-state index contributed by atoms with van der Waals surface area (Å²) in [6.07, 6.45) is 4.19. The van der Waals surface area contributed by atoms with Crippen LogP contribution in [0.2, 0.25) is 5.02 Å². The zero-order chi connectivity index (χ0) is 13.7. The van der Waals surface area contributed by atoms with Crippen LogP contribution in [0.25, 0.3) is 0 Å². The van der Waals surface area contributed by atoms with Gasteiger partial charge in [-0.25, -0.2) is 9.97 Å². The van der Waals surface area contributed by atoms with Crippen LogP contribution in [-0.2, 0) is 6.42 Å². The van der Waals surface area contributed by atoms with Crippen molar-refractivity contribution in [2.45, 2.75) is 12.5 Å². The van der Waals surface area contributed by atoms with Crippen LogP contribution in [-0.4, -0.2) is 24.1 Å². The number of halogens is 1. The van der Waals surface area contributed by atoms with Gasteiger partial charge < -0.3 is 10.1 Å². The van der Waals surface area contributed by atoms with E-state index in [1.807, 2.05) is 25.2 Å². The molecule has 1 unspecified atom stereocenters. The minimum atomic E-state index is 0.0218. The molecule has 0 amide bonds. The van der Waals surface area contributed by atoms with E-state index in [1.165, 1.54) is 0 Å². The quantitative estimate of drug-likeness (QED) is 0.913. The maximum atomic E-state index is 6.04. The van der Waals surface area contributed by atoms with Crippen molar-refractivity contribution in [3.63, 3.8) is 0 Å². The van der Waals surface area contributed by atoms with Crippen LogP contribution in [0.1, 0.15) is 17.4 Å². The molecule has 0 aliphatic heterocycles. The summed E-state index contributed by atoms with van der Waals surface area (Å²) in [4.78, 5) is 8.55. The lowest BCUT2D eigenvalue weighted by molar-refractivity contribution is 0.405. The van der Waals surface area contributed by atoms with Gasteiger partial charge in [0.25, 0.3) is 0 Å². The fraction of sp³-hybridized carbons (Fsp3) is 0.286. The molecule has 2 rings (SSSR count). The smallest absolute Gasteiger partial charge is 0.145 e. The number of methoxy groups -OCH3 is 1. The highest BCUT2D eigenvalue weighted by atomic mass is 35.5. The zero-order valence-electron chi connectivity index (χ0n) is 10.9. The molecule has 5 heteroatoms. The number of rotatable bonds is 5. The summed E-state index contributed by atoms with van der Waals surface area (Å²) in [7, 11) is 3.54. The highest BCUT2D eigenvalue weighted by Gasteiger charge is 2.15. The average molecular weight is 278 g/mol. The molecule has 4 nitrogen and oxygen atoms in total. The summed E-state index contributed by atoms with van der Waals surface area (Å²) < 4.78 is 5.35. The Balaban J connectivity index is 2.26. The summed E-state index contributed by atoms with van der Waals surface area (Å²) in [5.41, 5.74) is 1.03. The van der Waals surface area contributed by atoms with Crippen molar-refractivity contribution >= 4 is 11.6 Å². The van der Waals surface area contributed by atoms with Gasteiger partial charge in [0.15, 0.2) is 0 Å². The monoisotopic (exact) mass is 277 g/mol. The third kappa shape index (κ3) is 3.43. The maximum Gasteiger partial charge on any atom is 0.145 e. The molecule has 0 saturated carbocycles. The molecule has 0 aliphatic rings. The predicted molar refractivity (Wildman–Crippen MR) is 75.5 cm³/mol. The molecular weight excluding hydrogens is 262 g/mol. The van der Waals surface area contributed by atoms with E-state index in [0.717, 1.165) is 17.1 Å². The Morgan fingerprint density at radius 3 is 2.68 bits per heavy atom. The maximum absolute atomic E-state index is 6.04. The first-order valence-electron chi connectivity index (χ1n) is 6.01. The van der Waals surface area contributed by atoms with Gasteiger partial charge in [-0.15, -0.1) is 0 Å². The Kier molecular flexibility index (Phi) is 4.71. The van der Waals surface area contributed by atoms with Crippen molar-refractivity contribution in [1.82, 2.24) is 15.3 Å². The molecule has 0 fully saturated rings. The summed E-state index contributed by atoms with van der Waals surface area (Å²) in [5.74, 6) is 1.58. The van der Waals surface area contributed by atoms with Crippen LogP contribution in [0.3, 0.4) is 0 Å². The SMILES string of the molecule is CNC(Cc1cc(Cl)ccc1OC)c1ncccn1. The lowest BCUT2D eigenvalue weighted by Crippen LogP contribution is -2.21. The minimum Gasteiger partial charge on any atom is -0.496 e. The lowest BCUT2D eigenvalue weighted by Gasteiger charge is -2.16. The third-order valence-electron chi connectivity index (χ3n) is 2.91. The van der Waals surface area contributed by atoms with Gasteiger partial charge in [-0.1, -0.05) is 11.6 Å². The van der Waals surface area contributed by atoms with Crippen molar-refractivity contribution in [2.75, 3.05) is 14.2 Å². The van der Waals surface area contributed by atoms with Crippen molar-refractivity contribution in [1.29, 1.82) is 0 Å². The number of likely N-dealkylation sites (N-methyl/N-ethyl adjacent to an activating group) is 1. The van der Waals surface area contributed by atoms with E-state index in [9.17, 15) is 0 Å². The number of ether oxygens (including phenoxy) is 1. The molecule has 0 saturated heterocycles. The molecule has 0 bridgehead atoms. The molecule has 1 N–H and O–H groups in total. The molecule has 1 heterocycles. The molecule has 2 aromatic rings. The second-order valence-electron chi connectivity index (χ2n) is 4.11. The van der Waals surface area contributed by atoms with E-state index in [1.54, 1.807) is 25.6 Å². The topological polar surface area (TPSA) is 47.0 Å². The fourth-order valence-electron chi connectivity index (χ4n) is 1.94. The Labute approximate surface area is 117 Å². The number of aromatic nitrogens is 2. The highest BCUT2D eigenvalue weighted by molar-refractivity contribution is 6.30. The number of nitrogens with zero attached hydrogens (tertiary/aromatic N) is 2. The molecule has 1 aromatic heterocycles. The Bertz CT molecular complexity index is 533. The normalized spacial score (nSPS) is 12.2. The molecular formula is C14H16ClN3O. The van der Waals surface area contributed by atoms with Gasteiger partial charge in [-0.05, 0) is 43.3 Å². The Hall–Kier alpha value is -1.65. The summed E-state index contributed by atoms with van der Waals surface area (Å²) >= 11 is 6.04. The van der Waals surface area contributed by atoms with Crippen LogP contribution in [0.15, 0.2) is 36.7 Å². The molecule has 0 radical (unpaired) electrons. The highest BCUT2D eigenvalue weighted by Crippen LogP contribution is 2.26. The molecule has 0 aliphatic carbocycles. The minimum absolute atomic E-state index is 0.0218. The van der Waals surface area contributed by atoms with E-state index in [0.29, 0.717) is 11.4 Å². The summed E-state index contributed by atoms with van der Waals surface area (Å²) in [5, 5.41) is 3.91. The van der Waals surface area contributed by atoms with Gasteiger partial charge in [0.2, 0.25) is 0 Å². The Morgan fingerprint density at radius 1 is 1.32 bits per heavy atom. The van der Waals surface area contributed by atoms with Gasteiger partial charge >= 0.3 is 0 Å². The van der Waals surface area contributed by atoms with E-state index in [4.69, 9.17) is 16.3 Å². The first kappa shape index (κ1) is 13.8. The van der Waals surface area contributed by atoms with E-state index in [2.05, 4.69) is 15.3 Å². The largest absolute Gasteiger partial charge is 0.496 e. The van der Waals surface area contributed by atoms with Crippen LogP contribution in [0.5, 0.6) is 5.75 Å². The van der Waals surface area contributed by atoms with Crippen molar-refractivity contribution in [2.24, 2.45) is 0 Å². The van der Waals surface area contributed by atoms with Crippen LogP contribution >= 0.6 is 11.6 Å². The van der Waals surface area contributed by atoms with Gasteiger partial charge in [0.1, 0.15) is 11.6 Å². The molecule has 100 valence electrons. The van der Waals surface area contributed by atoms with E-state index >= 15 is 0 Å². The number of hydrogen-bond donors (Lipinski definition) is 1. The van der Waals surface area contributed by atoms with E-state index < -0.39 is 0 Å². The number of nitrogens with one attached hydrogen (secondary N) is 1. The van der Waals surface area contributed by atoms with Crippen LogP contribution in [0.4, 0.5) is 0 Å². The second kappa shape index (κ2) is 6.50. The Morgan fingerprint density at radius 2 is 2.05 bits per heavy atom. The van der Waals surface area contributed by atoms with Crippen LogP contribution < -0.4 is 10.1 Å². The van der Waals surface area contributed by atoms with Crippen molar-refractivity contribution in [3.8, 4) is 5.75 Å². The second-order valence-corrected chi connectivity index (χ2v) is 4.54. The van der Waals surface area contributed by atoms with Gasteiger partial charge in [0, 0.05) is 17.4 Å². The lowest BCUT2D eigenvalue weighted by atomic mass is 10.0. The first-order valence-corrected chi connectivity index (χ1v) is 6.39. The van der Waals surface area contributed by atoms with E-state index in [-0.39, 0.29) is 6.04 Å². The fourth-order valence-corrected chi connectivity index (χ4v) is 2.13. The first-order chi connectivity index (χ1) is 9.24. The summed E-state index contributed by atoms with van der Waals surface area (Å²) in [6, 6.07) is 7.42. The standard InChI is InChI=1S/C14H16ClN3O/c1-16-12(14-17-6-3-7-18-14)9-10-8-11(15)4-5-13(10)19-2/h3-8,12,16H,9H2,1-2H3. The zero-order valence-corrected chi connectivity index (χ0v) is 11.7. The van der Waals surface area contributed by atoms with Gasteiger partial charge in [-0.2, -0.15) is 0 Å². The van der Waals surface area contributed by atoms with Gasteiger partial charge in [0.05, 0.1) is 13.2 Å². The number of benzene rings is 1. The average Bonchev–Trinajstić information content (AvgIpc) is 2.46.